The summed E-state index contributed by atoms with van der Waals surface area (Å²) in [5.74, 6) is -0.0673. The zero-order valence-corrected chi connectivity index (χ0v) is 12.9. The van der Waals surface area contributed by atoms with Crippen LogP contribution in [0.3, 0.4) is 0 Å². The molecule has 0 spiro atoms. The molecular weight excluding hydrogens is 276 g/mol. The highest BCUT2D eigenvalue weighted by Gasteiger charge is 2.37. The lowest BCUT2D eigenvalue weighted by atomic mass is 9.93. The Bertz CT molecular complexity index is 430. The molecule has 0 radical (unpaired) electrons. The Kier molecular flexibility index (Phi) is 5.43. The Balaban J connectivity index is 2.03. The van der Waals surface area contributed by atoms with E-state index in [-0.39, 0.29) is 23.3 Å². The van der Waals surface area contributed by atoms with Crippen LogP contribution >= 0.6 is 0 Å². The van der Waals surface area contributed by atoms with Crippen LogP contribution in [0.4, 0.5) is 0 Å². The van der Waals surface area contributed by atoms with Crippen molar-refractivity contribution in [2.45, 2.75) is 51.0 Å². The van der Waals surface area contributed by atoms with Gasteiger partial charge in [0.05, 0.1) is 17.4 Å². The zero-order chi connectivity index (χ0) is 14.6. The average Bonchev–Trinajstić information content (AvgIpc) is 2.80. The van der Waals surface area contributed by atoms with E-state index in [4.69, 9.17) is 5.73 Å². The molecule has 116 valence electrons. The van der Waals surface area contributed by atoms with Crippen LogP contribution in [0.1, 0.15) is 44.9 Å². The fraction of sp³-hybridized carbons (Fsp3) is 0.929. The third-order valence-electron chi connectivity index (χ3n) is 4.48. The smallest absolute Gasteiger partial charge is 0.226 e. The summed E-state index contributed by atoms with van der Waals surface area (Å²) in [6.07, 6.45) is 6.97. The molecule has 1 aliphatic heterocycles. The van der Waals surface area contributed by atoms with Gasteiger partial charge >= 0.3 is 0 Å². The van der Waals surface area contributed by atoms with Gasteiger partial charge in [-0.2, -0.15) is 0 Å². The van der Waals surface area contributed by atoms with Crippen LogP contribution in [0.25, 0.3) is 0 Å². The highest BCUT2D eigenvalue weighted by molar-refractivity contribution is 7.91. The largest absolute Gasteiger partial charge is 0.339 e. The van der Waals surface area contributed by atoms with Gasteiger partial charge in [-0.05, 0) is 32.2 Å². The minimum absolute atomic E-state index is 0.0394. The van der Waals surface area contributed by atoms with E-state index in [1.807, 2.05) is 4.90 Å². The average molecular weight is 302 g/mol. The summed E-state index contributed by atoms with van der Waals surface area (Å²) in [6.45, 7) is 1.25. The van der Waals surface area contributed by atoms with Gasteiger partial charge in [-0.15, -0.1) is 0 Å². The first kappa shape index (κ1) is 15.8. The van der Waals surface area contributed by atoms with E-state index in [0.29, 0.717) is 25.6 Å². The molecular formula is C14H26N2O3S. The molecule has 6 heteroatoms. The number of amides is 1. The lowest BCUT2D eigenvalue weighted by molar-refractivity contribution is -0.137. The summed E-state index contributed by atoms with van der Waals surface area (Å²) in [4.78, 5) is 14.6. The molecule has 1 unspecified atom stereocenters. The Hall–Kier alpha value is -0.620. The summed E-state index contributed by atoms with van der Waals surface area (Å²) >= 11 is 0. The third-order valence-corrected chi connectivity index (χ3v) is 6.25. The molecule has 0 aromatic carbocycles. The highest BCUT2D eigenvalue weighted by atomic mass is 32.2. The normalized spacial score (nSPS) is 26.6. The van der Waals surface area contributed by atoms with E-state index in [2.05, 4.69) is 0 Å². The minimum Gasteiger partial charge on any atom is -0.339 e. The van der Waals surface area contributed by atoms with Gasteiger partial charge in [-0.1, -0.05) is 19.3 Å². The number of nitrogens with two attached hydrogens (primary N) is 1. The second kappa shape index (κ2) is 6.89. The molecule has 0 aromatic heterocycles. The van der Waals surface area contributed by atoms with Crippen molar-refractivity contribution >= 4 is 15.7 Å². The van der Waals surface area contributed by atoms with Crippen LogP contribution in [-0.2, 0) is 14.6 Å². The number of hydrogen-bond acceptors (Lipinski definition) is 4. The first-order chi connectivity index (χ1) is 9.53. The lowest BCUT2D eigenvalue weighted by Crippen LogP contribution is -2.45. The Labute approximate surface area is 121 Å². The SMILES string of the molecule is NCCCN(C(=O)C1CCS(=O)(=O)C1)C1CCCCC1. The number of hydrogen-bond donors (Lipinski definition) is 1. The quantitative estimate of drug-likeness (QED) is 0.819. The van der Waals surface area contributed by atoms with E-state index in [9.17, 15) is 13.2 Å². The maximum Gasteiger partial charge on any atom is 0.226 e. The topological polar surface area (TPSA) is 80.5 Å². The monoisotopic (exact) mass is 302 g/mol. The van der Waals surface area contributed by atoms with Crippen LogP contribution in [0.15, 0.2) is 0 Å². The number of rotatable bonds is 5. The molecule has 5 nitrogen and oxygen atoms in total. The van der Waals surface area contributed by atoms with E-state index in [1.54, 1.807) is 0 Å². The van der Waals surface area contributed by atoms with Gasteiger partial charge in [0.1, 0.15) is 0 Å². The Morgan fingerprint density at radius 3 is 2.40 bits per heavy atom. The van der Waals surface area contributed by atoms with Crippen molar-refractivity contribution < 1.29 is 13.2 Å². The maximum absolute atomic E-state index is 12.7. The number of carbonyl (C=O) groups excluding carboxylic acids is 1. The molecule has 0 aromatic rings. The summed E-state index contributed by atoms with van der Waals surface area (Å²) in [5.41, 5.74) is 5.57. The Morgan fingerprint density at radius 2 is 1.85 bits per heavy atom. The van der Waals surface area contributed by atoms with Crippen molar-refractivity contribution in [1.29, 1.82) is 0 Å². The van der Waals surface area contributed by atoms with Gasteiger partial charge in [0.2, 0.25) is 5.91 Å². The highest BCUT2D eigenvalue weighted by Crippen LogP contribution is 2.27. The second-order valence-electron chi connectivity index (χ2n) is 6.07. The molecule has 20 heavy (non-hydrogen) atoms. The van der Waals surface area contributed by atoms with Crippen molar-refractivity contribution in [2.24, 2.45) is 11.7 Å². The molecule has 1 heterocycles. The number of nitrogens with zero attached hydrogens (tertiary/aromatic N) is 1. The molecule has 2 rings (SSSR count). The lowest BCUT2D eigenvalue weighted by Gasteiger charge is -2.36. The second-order valence-corrected chi connectivity index (χ2v) is 8.29. The van der Waals surface area contributed by atoms with Crippen LogP contribution in [0.5, 0.6) is 0 Å². The molecule has 2 N–H and O–H groups in total. The molecule has 1 amide bonds. The van der Waals surface area contributed by atoms with Crippen LogP contribution in [0, 0.1) is 5.92 Å². The molecule has 2 fully saturated rings. The molecule has 2 aliphatic rings. The fourth-order valence-corrected chi connectivity index (χ4v) is 5.08. The molecule has 1 aliphatic carbocycles. The van der Waals surface area contributed by atoms with Crippen LogP contribution < -0.4 is 5.73 Å². The predicted octanol–water partition coefficient (Wildman–Crippen LogP) is 0.931. The van der Waals surface area contributed by atoms with Crippen LogP contribution in [-0.4, -0.2) is 49.9 Å². The van der Waals surface area contributed by atoms with Crippen molar-refractivity contribution in [3.63, 3.8) is 0 Å². The van der Waals surface area contributed by atoms with Gasteiger partial charge in [0.15, 0.2) is 9.84 Å². The van der Waals surface area contributed by atoms with E-state index in [0.717, 1.165) is 19.3 Å². The number of sulfone groups is 1. The molecule has 1 atom stereocenters. The summed E-state index contributed by atoms with van der Waals surface area (Å²) in [5, 5.41) is 0. The Morgan fingerprint density at radius 1 is 1.15 bits per heavy atom. The van der Waals surface area contributed by atoms with Gasteiger partial charge in [0, 0.05) is 12.6 Å². The third kappa shape index (κ3) is 3.95. The fourth-order valence-electron chi connectivity index (χ4n) is 3.35. The van der Waals surface area contributed by atoms with Crippen molar-refractivity contribution in [2.75, 3.05) is 24.6 Å². The summed E-state index contributed by atoms with van der Waals surface area (Å²) < 4.78 is 23.1. The van der Waals surface area contributed by atoms with Crippen molar-refractivity contribution in [1.82, 2.24) is 4.90 Å². The van der Waals surface area contributed by atoms with Gasteiger partial charge in [-0.3, -0.25) is 4.79 Å². The van der Waals surface area contributed by atoms with Gasteiger partial charge in [0.25, 0.3) is 0 Å². The predicted molar refractivity (Wildman–Crippen MR) is 79.0 cm³/mol. The van der Waals surface area contributed by atoms with Crippen molar-refractivity contribution in [3.05, 3.63) is 0 Å². The van der Waals surface area contributed by atoms with E-state index < -0.39 is 9.84 Å². The number of carbonyl (C=O) groups is 1. The maximum atomic E-state index is 12.7. The van der Waals surface area contributed by atoms with Gasteiger partial charge < -0.3 is 10.6 Å². The van der Waals surface area contributed by atoms with Crippen molar-refractivity contribution in [3.8, 4) is 0 Å². The van der Waals surface area contributed by atoms with E-state index >= 15 is 0 Å². The van der Waals surface area contributed by atoms with E-state index in [1.165, 1.54) is 19.3 Å². The van der Waals surface area contributed by atoms with Crippen LogP contribution in [0.2, 0.25) is 0 Å². The summed E-state index contributed by atoms with van der Waals surface area (Å²) in [7, 11) is -3.00. The molecule has 1 saturated heterocycles. The first-order valence-electron chi connectivity index (χ1n) is 7.74. The first-order valence-corrected chi connectivity index (χ1v) is 9.56. The molecule has 0 bridgehead atoms. The molecule has 1 saturated carbocycles. The van der Waals surface area contributed by atoms with Gasteiger partial charge in [-0.25, -0.2) is 8.42 Å². The summed E-state index contributed by atoms with van der Waals surface area (Å²) in [6, 6.07) is 0.297. The zero-order valence-electron chi connectivity index (χ0n) is 12.1. The minimum atomic E-state index is -3.00. The standard InChI is InChI=1S/C14H26N2O3S/c15-8-4-9-16(13-5-2-1-3-6-13)14(17)12-7-10-20(18,19)11-12/h12-13H,1-11,15H2.